The van der Waals surface area contributed by atoms with Crippen LogP contribution in [0.15, 0.2) is 22.9 Å². The number of aliphatic hydroxyl groups is 1. The fraction of sp³-hybridized carbons (Fsp3) is 0.500. The average Bonchev–Trinajstić information content (AvgIpc) is 2.38. The quantitative estimate of drug-likeness (QED) is 0.848. The lowest BCUT2D eigenvalue weighted by Crippen LogP contribution is -2.45. The molecule has 1 aliphatic heterocycles. The van der Waals surface area contributed by atoms with Crippen molar-refractivity contribution < 1.29 is 9.90 Å². The van der Waals surface area contributed by atoms with Gasteiger partial charge in [-0.1, -0.05) is 0 Å². The number of amides is 1. The van der Waals surface area contributed by atoms with E-state index < -0.39 is 0 Å². The Morgan fingerprint density at radius 2 is 2.41 bits per heavy atom. The number of likely N-dealkylation sites (tertiary alicyclic amines) is 1. The molecular weight excluding hydrogens is 284 g/mol. The van der Waals surface area contributed by atoms with E-state index in [4.69, 9.17) is 0 Å². The van der Waals surface area contributed by atoms with E-state index in [1.54, 1.807) is 23.2 Å². The molecule has 92 valence electrons. The van der Waals surface area contributed by atoms with Gasteiger partial charge in [-0.05, 0) is 47.3 Å². The molecular formula is C12H15BrN2O2. The molecule has 1 atom stereocenters. The van der Waals surface area contributed by atoms with Crippen LogP contribution in [0.4, 0.5) is 0 Å². The van der Waals surface area contributed by atoms with E-state index >= 15 is 0 Å². The van der Waals surface area contributed by atoms with Gasteiger partial charge in [-0.3, -0.25) is 4.79 Å². The van der Waals surface area contributed by atoms with Gasteiger partial charge in [-0.2, -0.15) is 0 Å². The van der Waals surface area contributed by atoms with Gasteiger partial charge in [0.05, 0.1) is 18.2 Å². The van der Waals surface area contributed by atoms with Crippen molar-refractivity contribution in [3.8, 4) is 0 Å². The molecule has 2 heterocycles. The topological polar surface area (TPSA) is 53.4 Å². The molecule has 0 bridgehead atoms. The summed E-state index contributed by atoms with van der Waals surface area (Å²) < 4.78 is 0.562. The molecule has 1 saturated heterocycles. The molecule has 0 saturated carbocycles. The smallest absolute Gasteiger partial charge is 0.256 e. The van der Waals surface area contributed by atoms with Gasteiger partial charge in [-0.25, -0.2) is 4.98 Å². The van der Waals surface area contributed by atoms with Crippen LogP contribution in [0.5, 0.6) is 0 Å². The summed E-state index contributed by atoms with van der Waals surface area (Å²) in [6.07, 6.45) is 4.59. The van der Waals surface area contributed by atoms with Crippen molar-refractivity contribution in [3.63, 3.8) is 0 Å². The minimum absolute atomic E-state index is 0.0314. The summed E-state index contributed by atoms with van der Waals surface area (Å²) in [5.41, 5.74) is 0.563. The van der Waals surface area contributed by atoms with E-state index in [1.807, 2.05) is 0 Å². The summed E-state index contributed by atoms with van der Waals surface area (Å²) in [6.45, 7) is 0.745. The number of piperidine rings is 1. The van der Waals surface area contributed by atoms with Crippen LogP contribution in [-0.2, 0) is 0 Å². The second-order valence-electron chi connectivity index (χ2n) is 4.17. The van der Waals surface area contributed by atoms with Crippen molar-refractivity contribution in [1.29, 1.82) is 0 Å². The fourth-order valence-corrected chi connectivity index (χ4v) is 2.58. The fourth-order valence-electron chi connectivity index (χ4n) is 2.16. The molecule has 1 aromatic heterocycles. The summed E-state index contributed by atoms with van der Waals surface area (Å²) in [5.74, 6) is -0.0521. The van der Waals surface area contributed by atoms with Crippen molar-refractivity contribution in [3.05, 3.63) is 28.5 Å². The maximum Gasteiger partial charge on any atom is 0.256 e. The van der Waals surface area contributed by atoms with Crippen molar-refractivity contribution >= 4 is 21.8 Å². The van der Waals surface area contributed by atoms with Gasteiger partial charge in [0.2, 0.25) is 0 Å². The third-order valence-corrected chi connectivity index (χ3v) is 3.72. The molecule has 1 aliphatic rings. The summed E-state index contributed by atoms with van der Waals surface area (Å²) in [4.78, 5) is 18.1. The third-order valence-electron chi connectivity index (χ3n) is 3.09. The van der Waals surface area contributed by atoms with Gasteiger partial charge in [0.25, 0.3) is 5.91 Å². The number of pyridine rings is 1. The molecule has 1 amide bonds. The second kappa shape index (κ2) is 5.60. The number of hydrogen-bond acceptors (Lipinski definition) is 3. The number of halogens is 1. The Morgan fingerprint density at radius 3 is 3.12 bits per heavy atom. The first kappa shape index (κ1) is 12.5. The number of carbonyl (C=O) groups is 1. The van der Waals surface area contributed by atoms with Gasteiger partial charge in [0.15, 0.2) is 0 Å². The summed E-state index contributed by atoms with van der Waals surface area (Å²) in [7, 11) is 0. The molecule has 1 unspecified atom stereocenters. The highest BCUT2D eigenvalue weighted by molar-refractivity contribution is 9.10. The van der Waals surface area contributed by atoms with Crippen LogP contribution in [0.25, 0.3) is 0 Å². The number of nitrogens with zero attached hydrogens (tertiary/aromatic N) is 2. The molecule has 17 heavy (non-hydrogen) atoms. The largest absolute Gasteiger partial charge is 0.394 e. The van der Waals surface area contributed by atoms with E-state index in [-0.39, 0.29) is 18.6 Å². The lowest BCUT2D eigenvalue weighted by molar-refractivity contribution is 0.0501. The molecule has 0 radical (unpaired) electrons. The van der Waals surface area contributed by atoms with Crippen LogP contribution in [-0.4, -0.2) is 40.1 Å². The lowest BCUT2D eigenvalue weighted by atomic mass is 10.0. The number of hydrogen-bond donors (Lipinski definition) is 1. The maximum absolute atomic E-state index is 12.3. The van der Waals surface area contributed by atoms with Gasteiger partial charge < -0.3 is 10.0 Å². The molecule has 0 aromatic carbocycles. The predicted molar refractivity (Wildman–Crippen MR) is 67.7 cm³/mol. The van der Waals surface area contributed by atoms with E-state index in [1.165, 1.54) is 0 Å². The Morgan fingerprint density at radius 1 is 1.59 bits per heavy atom. The summed E-state index contributed by atoms with van der Waals surface area (Å²) in [5, 5.41) is 9.31. The zero-order valence-electron chi connectivity index (χ0n) is 9.47. The monoisotopic (exact) mass is 298 g/mol. The van der Waals surface area contributed by atoms with E-state index in [0.29, 0.717) is 16.7 Å². The lowest BCUT2D eigenvalue weighted by Gasteiger charge is -2.34. The van der Waals surface area contributed by atoms with Crippen molar-refractivity contribution in [2.75, 3.05) is 13.2 Å². The van der Waals surface area contributed by atoms with Crippen LogP contribution < -0.4 is 0 Å². The first-order chi connectivity index (χ1) is 8.24. The van der Waals surface area contributed by atoms with Gasteiger partial charge >= 0.3 is 0 Å². The van der Waals surface area contributed by atoms with Crippen LogP contribution in [0.1, 0.15) is 29.6 Å². The number of aliphatic hydroxyl groups excluding tert-OH is 1. The second-order valence-corrected chi connectivity index (χ2v) is 4.92. The van der Waals surface area contributed by atoms with E-state index in [2.05, 4.69) is 20.9 Å². The highest BCUT2D eigenvalue weighted by Gasteiger charge is 2.27. The highest BCUT2D eigenvalue weighted by Crippen LogP contribution is 2.22. The van der Waals surface area contributed by atoms with Crippen molar-refractivity contribution in [1.82, 2.24) is 9.88 Å². The molecule has 5 heteroatoms. The normalized spacial score (nSPS) is 20.4. The number of aromatic nitrogens is 1. The van der Waals surface area contributed by atoms with Gasteiger partial charge in [0.1, 0.15) is 4.60 Å². The molecule has 1 aromatic rings. The van der Waals surface area contributed by atoms with Gasteiger partial charge in [0, 0.05) is 12.7 Å². The Kier molecular flexibility index (Phi) is 4.12. The number of carbonyl (C=O) groups excluding carboxylic acids is 1. The molecule has 2 rings (SSSR count). The average molecular weight is 299 g/mol. The minimum Gasteiger partial charge on any atom is -0.394 e. The Bertz CT molecular complexity index is 411. The van der Waals surface area contributed by atoms with Crippen LogP contribution in [0.3, 0.4) is 0 Å². The zero-order valence-corrected chi connectivity index (χ0v) is 11.1. The molecule has 1 fully saturated rings. The predicted octanol–water partition coefficient (Wildman–Crippen LogP) is 1.83. The standard InChI is InChI=1S/C12H15BrN2O2/c13-11-10(5-3-6-14-11)12(17)15-7-2-1-4-9(15)8-16/h3,5-6,9,16H,1-2,4,7-8H2. The van der Waals surface area contributed by atoms with E-state index in [9.17, 15) is 9.90 Å². The highest BCUT2D eigenvalue weighted by atomic mass is 79.9. The Hall–Kier alpha value is -0.940. The van der Waals surface area contributed by atoms with Crippen molar-refractivity contribution in [2.24, 2.45) is 0 Å². The zero-order chi connectivity index (χ0) is 12.3. The van der Waals surface area contributed by atoms with Crippen LogP contribution in [0, 0.1) is 0 Å². The third kappa shape index (κ3) is 2.66. The molecule has 4 nitrogen and oxygen atoms in total. The van der Waals surface area contributed by atoms with Gasteiger partial charge in [-0.15, -0.1) is 0 Å². The first-order valence-electron chi connectivity index (χ1n) is 5.76. The Labute approximate surface area is 109 Å². The van der Waals surface area contributed by atoms with E-state index in [0.717, 1.165) is 19.3 Å². The van der Waals surface area contributed by atoms with Crippen molar-refractivity contribution in [2.45, 2.75) is 25.3 Å². The molecule has 1 N–H and O–H groups in total. The summed E-state index contributed by atoms with van der Waals surface area (Å²) in [6, 6.07) is 3.45. The van der Waals surface area contributed by atoms with Crippen LogP contribution >= 0.6 is 15.9 Å². The minimum atomic E-state index is -0.0524. The summed E-state index contributed by atoms with van der Waals surface area (Å²) >= 11 is 3.28. The van der Waals surface area contributed by atoms with Crippen LogP contribution in [0.2, 0.25) is 0 Å². The molecule has 0 spiro atoms. The first-order valence-corrected chi connectivity index (χ1v) is 6.55. The Balaban J connectivity index is 2.21. The number of rotatable bonds is 2. The molecule has 0 aliphatic carbocycles. The maximum atomic E-state index is 12.3. The SMILES string of the molecule is O=C(c1cccnc1Br)N1CCCCC1CO.